The minimum atomic E-state index is -4.02. The number of hydrogen-bond acceptors (Lipinski definition) is 6. The summed E-state index contributed by atoms with van der Waals surface area (Å²) in [5.74, 6) is 0.935. The van der Waals surface area contributed by atoms with Crippen molar-refractivity contribution in [2.24, 2.45) is 0 Å². The molecule has 1 unspecified atom stereocenters. The molecule has 0 saturated heterocycles. The van der Waals surface area contributed by atoms with Crippen molar-refractivity contribution in [3.05, 3.63) is 83.7 Å². The Morgan fingerprint density at radius 2 is 1.74 bits per heavy atom. The maximum Gasteiger partial charge on any atom is 0.241 e. The van der Waals surface area contributed by atoms with Crippen LogP contribution in [0, 0.1) is 5.82 Å². The normalized spacial score (nSPS) is 13.4. The highest BCUT2D eigenvalue weighted by Crippen LogP contribution is 2.32. The van der Waals surface area contributed by atoms with Gasteiger partial charge in [0.1, 0.15) is 11.6 Å². The van der Waals surface area contributed by atoms with Gasteiger partial charge in [0.05, 0.1) is 18.0 Å². The van der Waals surface area contributed by atoms with Crippen molar-refractivity contribution in [3.63, 3.8) is 0 Å². The molecular weight excluding hydrogens is 463 g/mol. The number of nitrogens with one attached hydrogen (secondary N) is 2. The van der Waals surface area contributed by atoms with Crippen molar-refractivity contribution in [2.45, 2.75) is 23.9 Å². The van der Waals surface area contributed by atoms with Crippen LogP contribution in [0.5, 0.6) is 17.2 Å². The first kappa shape index (κ1) is 23.5. The second-order valence-corrected chi connectivity index (χ2v) is 9.28. The van der Waals surface area contributed by atoms with Gasteiger partial charge in [0.15, 0.2) is 11.5 Å². The van der Waals surface area contributed by atoms with Gasteiger partial charge >= 0.3 is 0 Å². The van der Waals surface area contributed by atoms with Crippen molar-refractivity contribution in [1.29, 1.82) is 0 Å². The average molecular weight is 487 g/mol. The molecular formula is C24H23FN2O6S. The van der Waals surface area contributed by atoms with Crippen LogP contribution in [0.25, 0.3) is 0 Å². The molecule has 1 heterocycles. The number of carbonyl (C=O) groups is 1. The minimum Gasteiger partial charge on any atom is -0.497 e. The number of halogens is 1. The maximum absolute atomic E-state index is 13.2. The Bertz CT molecular complexity index is 1260. The molecule has 178 valence electrons. The summed E-state index contributed by atoms with van der Waals surface area (Å²) in [4.78, 5) is 12.6. The molecule has 0 saturated carbocycles. The van der Waals surface area contributed by atoms with Gasteiger partial charge in [-0.1, -0.05) is 18.2 Å². The summed E-state index contributed by atoms with van der Waals surface area (Å²) in [6.07, 6.45) is -0.155. The van der Waals surface area contributed by atoms with E-state index in [0.717, 1.165) is 17.7 Å². The second-order valence-electron chi connectivity index (χ2n) is 7.57. The summed E-state index contributed by atoms with van der Waals surface area (Å²) >= 11 is 0. The van der Waals surface area contributed by atoms with E-state index in [-0.39, 0.29) is 30.6 Å². The monoisotopic (exact) mass is 486 g/mol. The van der Waals surface area contributed by atoms with Gasteiger partial charge < -0.3 is 19.5 Å². The second kappa shape index (κ2) is 10.1. The summed E-state index contributed by atoms with van der Waals surface area (Å²) in [5.41, 5.74) is 1.38. The van der Waals surface area contributed by atoms with Crippen LogP contribution in [0.2, 0.25) is 0 Å². The Balaban J connectivity index is 1.49. The predicted molar refractivity (Wildman–Crippen MR) is 121 cm³/mol. The SMILES string of the molecule is COc1ccc(C(CC(=O)NCc2ccc3c(c2)OCO3)NS(=O)(=O)c2ccc(F)cc2)cc1. The summed E-state index contributed by atoms with van der Waals surface area (Å²) in [7, 11) is -2.50. The van der Waals surface area contributed by atoms with Crippen molar-refractivity contribution in [1.82, 2.24) is 10.0 Å². The number of benzene rings is 3. The molecule has 8 nitrogen and oxygen atoms in total. The Kier molecular flexibility index (Phi) is 6.99. The lowest BCUT2D eigenvalue weighted by molar-refractivity contribution is -0.121. The molecule has 4 rings (SSSR count). The van der Waals surface area contributed by atoms with E-state index in [4.69, 9.17) is 14.2 Å². The Hall–Kier alpha value is -3.63. The number of amides is 1. The fraction of sp³-hybridized carbons (Fsp3) is 0.208. The van der Waals surface area contributed by atoms with E-state index in [1.165, 1.54) is 19.2 Å². The zero-order chi connectivity index (χ0) is 24.1. The maximum atomic E-state index is 13.2. The lowest BCUT2D eigenvalue weighted by atomic mass is 10.0. The van der Waals surface area contributed by atoms with Crippen LogP contribution < -0.4 is 24.2 Å². The van der Waals surface area contributed by atoms with E-state index in [2.05, 4.69) is 10.0 Å². The Labute approximate surface area is 196 Å². The van der Waals surface area contributed by atoms with E-state index in [9.17, 15) is 17.6 Å². The van der Waals surface area contributed by atoms with Crippen LogP contribution in [0.1, 0.15) is 23.6 Å². The van der Waals surface area contributed by atoms with Crippen LogP contribution in [-0.2, 0) is 21.4 Å². The number of fused-ring (bicyclic) bond motifs is 1. The number of hydrogen-bond donors (Lipinski definition) is 2. The predicted octanol–water partition coefficient (Wildman–Crippen LogP) is 3.29. The molecule has 1 aliphatic heterocycles. The molecule has 0 radical (unpaired) electrons. The van der Waals surface area contributed by atoms with Crippen LogP contribution in [0.4, 0.5) is 4.39 Å². The number of methoxy groups -OCH3 is 1. The van der Waals surface area contributed by atoms with Crippen LogP contribution in [0.15, 0.2) is 71.6 Å². The summed E-state index contributed by atoms with van der Waals surface area (Å²) in [6.45, 7) is 0.387. The molecule has 1 aliphatic rings. The fourth-order valence-corrected chi connectivity index (χ4v) is 4.67. The molecule has 2 N–H and O–H groups in total. The number of ether oxygens (including phenoxy) is 3. The standard InChI is InChI=1S/C24H23FN2O6S/c1-31-19-7-3-17(4-8-19)21(27-34(29,30)20-9-5-18(25)6-10-20)13-24(28)26-14-16-2-11-22-23(12-16)33-15-32-22/h2-12,21,27H,13-15H2,1H3,(H,26,28). The molecule has 34 heavy (non-hydrogen) atoms. The minimum absolute atomic E-state index is 0.104. The lowest BCUT2D eigenvalue weighted by Gasteiger charge is -2.19. The lowest BCUT2D eigenvalue weighted by Crippen LogP contribution is -2.33. The van der Waals surface area contributed by atoms with Crippen LogP contribution in [0.3, 0.4) is 0 Å². The first-order valence-electron chi connectivity index (χ1n) is 10.4. The van der Waals surface area contributed by atoms with Crippen molar-refractivity contribution >= 4 is 15.9 Å². The van der Waals surface area contributed by atoms with Gasteiger partial charge in [0.25, 0.3) is 0 Å². The third-order valence-corrected chi connectivity index (χ3v) is 6.74. The summed E-state index contributed by atoms with van der Waals surface area (Å²) < 4.78 is 57.4. The zero-order valence-corrected chi connectivity index (χ0v) is 19.1. The van der Waals surface area contributed by atoms with E-state index in [1.54, 1.807) is 36.4 Å². The first-order chi connectivity index (χ1) is 16.3. The zero-order valence-electron chi connectivity index (χ0n) is 18.3. The Morgan fingerprint density at radius 3 is 2.44 bits per heavy atom. The van der Waals surface area contributed by atoms with Crippen molar-refractivity contribution in [3.8, 4) is 17.2 Å². The van der Waals surface area contributed by atoms with E-state index in [0.29, 0.717) is 22.8 Å². The Morgan fingerprint density at radius 1 is 1.03 bits per heavy atom. The van der Waals surface area contributed by atoms with Gasteiger partial charge in [0.2, 0.25) is 22.7 Å². The summed E-state index contributed by atoms with van der Waals surface area (Å²) in [6, 6.07) is 15.7. The van der Waals surface area contributed by atoms with Crippen LogP contribution >= 0.6 is 0 Å². The molecule has 10 heteroatoms. The third kappa shape index (κ3) is 5.64. The third-order valence-electron chi connectivity index (χ3n) is 5.26. The molecule has 3 aromatic rings. The van der Waals surface area contributed by atoms with Gasteiger partial charge in [-0.2, -0.15) is 0 Å². The fourth-order valence-electron chi connectivity index (χ4n) is 3.44. The molecule has 1 atom stereocenters. The number of rotatable bonds is 9. The van der Waals surface area contributed by atoms with Gasteiger partial charge in [-0.25, -0.2) is 17.5 Å². The molecule has 0 spiro atoms. The first-order valence-corrected chi connectivity index (χ1v) is 11.9. The highest BCUT2D eigenvalue weighted by atomic mass is 32.2. The van der Waals surface area contributed by atoms with Gasteiger partial charge in [-0.3, -0.25) is 4.79 Å². The quantitative estimate of drug-likeness (QED) is 0.481. The topological polar surface area (TPSA) is 103 Å². The molecule has 3 aromatic carbocycles. The highest BCUT2D eigenvalue weighted by molar-refractivity contribution is 7.89. The van der Waals surface area contributed by atoms with Crippen LogP contribution in [-0.4, -0.2) is 28.2 Å². The molecule has 0 aliphatic carbocycles. The van der Waals surface area contributed by atoms with Gasteiger partial charge in [-0.15, -0.1) is 0 Å². The number of carbonyl (C=O) groups excluding carboxylic acids is 1. The van der Waals surface area contributed by atoms with Crippen molar-refractivity contribution in [2.75, 3.05) is 13.9 Å². The van der Waals surface area contributed by atoms with E-state index < -0.39 is 21.9 Å². The van der Waals surface area contributed by atoms with E-state index in [1.807, 2.05) is 6.07 Å². The van der Waals surface area contributed by atoms with Gasteiger partial charge in [-0.05, 0) is 59.7 Å². The van der Waals surface area contributed by atoms with E-state index >= 15 is 0 Å². The number of sulfonamides is 1. The highest BCUT2D eigenvalue weighted by Gasteiger charge is 2.24. The molecule has 1 amide bonds. The summed E-state index contributed by atoms with van der Waals surface area (Å²) in [5, 5.41) is 2.80. The molecule has 0 aromatic heterocycles. The smallest absolute Gasteiger partial charge is 0.241 e. The average Bonchev–Trinajstić information content (AvgIpc) is 3.30. The molecule has 0 fully saturated rings. The van der Waals surface area contributed by atoms with Gasteiger partial charge in [0, 0.05) is 13.0 Å². The molecule has 0 bridgehead atoms. The largest absolute Gasteiger partial charge is 0.497 e. The van der Waals surface area contributed by atoms with Crippen molar-refractivity contribution < 1.29 is 31.8 Å².